The molecule has 0 N–H and O–H groups in total. The van der Waals surface area contributed by atoms with Gasteiger partial charge in [-0.25, -0.2) is 4.98 Å². The van der Waals surface area contributed by atoms with Crippen molar-refractivity contribution in [1.82, 2.24) is 9.88 Å². The normalized spacial score (nSPS) is 20.7. The van der Waals surface area contributed by atoms with E-state index in [1.165, 1.54) is 42.7 Å². The molecule has 0 bridgehead atoms. The Labute approximate surface area is 161 Å². The third kappa shape index (κ3) is 3.86. The molecule has 2 aliphatic rings. The van der Waals surface area contributed by atoms with E-state index in [1.54, 1.807) is 17.5 Å². The Morgan fingerprint density at radius 2 is 2.04 bits per heavy atom. The second-order valence-corrected chi connectivity index (χ2v) is 7.98. The van der Waals surface area contributed by atoms with Gasteiger partial charge in [0.25, 0.3) is 11.6 Å². The van der Waals surface area contributed by atoms with E-state index < -0.39 is 4.92 Å². The van der Waals surface area contributed by atoms with Crippen LogP contribution in [-0.2, 0) is 4.74 Å². The first-order chi connectivity index (χ1) is 13.1. The van der Waals surface area contributed by atoms with Crippen LogP contribution in [-0.4, -0.2) is 47.0 Å². The summed E-state index contributed by atoms with van der Waals surface area (Å²) in [4.78, 5) is 29.6. The first kappa shape index (κ1) is 18.1. The van der Waals surface area contributed by atoms with Crippen LogP contribution in [0, 0.1) is 22.0 Å². The van der Waals surface area contributed by atoms with Crippen molar-refractivity contribution in [1.29, 1.82) is 0 Å². The van der Waals surface area contributed by atoms with Crippen molar-refractivity contribution in [2.24, 2.45) is 11.8 Å². The molecule has 1 amide bonds. The van der Waals surface area contributed by atoms with Gasteiger partial charge >= 0.3 is 0 Å². The zero-order valence-electron chi connectivity index (χ0n) is 14.9. The van der Waals surface area contributed by atoms with Gasteiger partial charge in [-0.3, -0.25) is 14.9 Å². The number of amides is 1. The molecule has 0 radical (unpaired) electrons. The highest BCUT2D eigenvalue weighted by Crippen LogP contribution is 2.35. The zero-order chi connectivity index (χ0) is 18.8. The van der Waals surface area contributed by atoms with E-state index in [2.05, 4.69) is 4.98 Å². The predicted molar refractivity (Wildman–Crippen MR) is 102 cm³/mol. The van der Waals surface area contributed by atoms with Gasteiger partial charge in [-0.1, -0.05) is 19.3 Å². The minimum atomic E-state index is -0.430. The van der Waals surface area contributed by atoms with E-state index in [-0.39, 0.29) is 11.6 Å². The minimum absolute atomic E-state index is 0.0400. The third-order valence-electron chi connectivity index (χ3n) is 5.44. The Hall–Kier alpha value is -2.32. The molecule has 1 saturated carbocycles. The van der Waals surface area contributed by atoms with Gasteiger partial charge in [-0.05, 0) is 18.1 Å². The number of aromatic nitrogens is 1. The molecule has 1 aliphatic carbocycles. The molecule has 1 aromatic carbocycles. The van der Waals surface area contributed by atoms with E-state index >= 15 is 0 Å². The topological polar surface area (TPSA) is 85.6 Å². The van der Waals surface area contributed by atoms with Crippen molar-refractivity contribution in [3.05, 3.63) is 45.5 Å². The largest absolute Gasteiger partial charge is 0.379 e. The number of ether oxygens (including phenoxy) is 1. The number of carbonyl (C=O) groups excluding carboxylic acids is 1. The molecule has 1 aromatic heterocycles. The fraction of sp³-hybridized carbons (Fsp3) is 0.474. The van der Waals surface area contributed by atoms with Gasteiger partial charge in [0.15, 0.2) is 0 Å². The first-order valence-corrected chi connectivity index (χ1v) is 10.1. The van der Waals surface area contributed by atoms with E-state index in [0.717, 1.165) is 18.7 Å². The number of rotatable bonds is 4. The number of hydrogen-bond acceptors (Lipinski definition) is 6. The molecule has 27 heavy (non-hydrogen) atoms. The lowest BCUT2D eigenvalue weighted by Crippen LogP contribution is -2.39. The standard InChI is InChI=1S/C19H21N3O4S/c23-19(21-8-9-26-11-15(10-21)13-2-1-3-13)17-12-27-18(20-17)14-4-6-16(7-5-14)22(24)25/h4-7,12-13,15H,1-3,8-11H2. The molecule has 2 fully saturated rings. The first-order valence-electron chi connectivity index (χ1n) is 9.19. The Morgan fingerprint density at radius 3 is 2.70 bits per heavy atom. The molecule has 2 heterocycles. The number of nitrogens with zero attached hydrogens (tertiary/aromatic N) is 3. The number of benzene rings is 1. The van der Waals surface area contributed by atoms with Gasteiger partial charge in [0.2, 0.25) is 0 Å². The van der Waals surface area contributed by atoms with Crippen LogP contribution in [0.2, 0.25) is 0 Å². The van der Waals surface area contributed by atoms with E-state index in [4.69, 9.17) is 4.74 Å². The molecule has 1 saturated heterocycles. The van der Waals surface area contributed by atoms with Crippen LogP contribution in [0.1, 0.15) is 29.8 Å². The smallest absolute Gasteiger partial charge is 0.273 e. The molecule has 8 heteroatoms. The maximum atomic E-state index is 12.9. The van der Waals surface area contributed by atoms with E-state index in [0.29, 0.717) is 35.7 Å². The number of non-ortho nitro benzene ring substituents is 1. The van der Waals surface area contributed by atoms with Crippen LogP contribution in [0.25, 0.3) is 10.6 Å². The summed E-state index contributed by atoms with van der Waals surface area (Å²) in [5, 5.41) is 13.2. The monoisotopic (exact) mass is 387 g/mol. The van der Waals surface area contributed by atoms with E-state index in [1.807, 2.05) is 4.90 Å². The van der Waals surface area contributed by atoms with Crippen molar-refractivity contribution in [2.45, 2.75) is 19.3 Å². The quantitative estimate of drug-likeness (QED) is 0.591. The highest BCUT2D eigenvalue weighted by Gasteiger charge is 2.32. The number of thiazole rings is 1. The van der Waals surface area contributed by atoms with Crippen LogP contribution < -0.4 is 0 Å². The summed E-state index contributed by atoms with van der Waals surface area (Å²) in [6.07, 6.45) is 3.74. The Morgan fingerprint density at radius 1 is 1.26 bits per heavy atom. The summed E-state index contributed by atoms with van der Waals surface area (Å²) in [5.74, 6) is 1.02. The van der Waals surface area contributed by atoms with Gasteiger partial charge in [0.05, 0.1) is 18.1 Å². The molecule has 142 valence electrons. The minimum Gasteiger partial charge on any atom is -0.379 e. The van der Waals surface area contributed by atoms with Gasteiger partial charge < -0.3 is 9.64 Å². The fourth-order valence-corrected chi connectivity index (χ4v) is 4.41. The summed E-state index contributed by atoms with van der Waals surface area (Å²) in [7, 11) is 0. The molecule has 7 nitrogen and oxygen atoms in total. The fourth-order valence-electron chi connectivity index (χ4n) is 3.61. The lowest BCUT2D eigenvalue weighted by atomic mass is 9.76. The second-order valence-electron chi connectivity index (χ2n) is 7.12. The van der Waals surface area contributed by atoms with Crippen LogP contribution in [0.5, 0.6) is 0 Å². The average Bonchev–Trinajstić information content (AvgIpc) is 3.00. The van der Waals surface area contributed by atoms with Gasteiger partial charge in [0.1, 0.15) is 10.7 Å². The maximum absolute atomic E-state index is 12.9. The van der Waals surface area contributed by atoms with Gasteiger partial charge in [-0.15, -0.1) is 11.3 Å². The van der Waals surface area contributed by atoms with Crippen molar-refractivity contribution < 1.29 is 14.5 Å². The lowest BCUT2D eigenvalue weighted by Gasteiger charge is -2.34. The highest BCUT2D eigenvalue weighted by atomic mass is 32.1. The van der Waals surface area contributed by atoms with Crippen LogP contribution in [0.15, 0.2) is 29.6 Å². The van der Waals surface area contributed by atoms with Crippen LogP contribution >= 0.6 is 11.3 Å². The van der Waals surface area contributed by atoms with E-state index in [9.17, 15) is 14.9 Å². The van der Waals surface area contributed by atoms with Crippen molar-refractivity contribution >= 4 is 22.9 Å². The average molecular weight is 387 g/mol. The van der Waals surface area contributed by atoms with Crippen molar-refractivity contribution in [2.75, 3.05) is 26.3 Å². The van der Waals surface area contributed by atoms with Crippen molar-refractivity contribution in [3.63, 3.8) is 0 Å². The molecule has 4 rings (SSSR count). The van der Waals surface area contributed by atoms with Gasteiger partial charge in [-0.2, -0.15) is 0 Å². The Balaban J connectivity index is 1.48. The molecule has 2 aromatic rings. The SMILES string of the molecule is O=C(c1csc(-c2ccc([N+](=O)[O-])cc2)n1)N1CCOCC(C2CCC2)C1. The number of nitro benzene ring substituents is 1. The zero-order valence-corrected chi connectivity index (χ0v) is 15.7. The molecular weight excluding hydrogens is 366 g/mol. The number of hydrogen-bond donors (Lipinski definition) is 0. The summed E-state index contributed by atoms with van der Waals surface area (Å²) < 4.78 is 5.72. The summed E-state index contributed by atoms with van der Waals surface area (Å²) in [5.41, 5.74) is 1.25. The number of carbonyl (C=O) groups is 1. The highest BCUT2D eigenvalue weighted by molar-refractivity contribution is 7.13. The summed E-state index contributed by atoms with van der Waals surface area (Å²) >= 11 is 1.38. The number of nitro groups is 1. The summed E-state index contributed by atoms with van der Waals surface area (Å²) in [6, 6.07) is 6.23. The second kappa shape index (κ2) is 7.74. The van der Waals surface area contributed by atoms with Crippen LogP contribution in [0.4, 0.5) is 5.69 Å². The third-order valence-corrected chi connectivity index (χ3v) is 6.34. The van der Waals surface area contributed by atoms with Crippen LogP contribution in [0.3, 0.4) is 0 Å². The maximum Gasteiger partial charge on any atom is 0.273 e. The Bertz CT molecular complexity index is 832. The Kier molecular flexibility index (Phi) is 5.18. The molecule has 0 spiro atoms. The van der Waals surface area contributed by atoms with Gasteiger partial charge in [0, 0.05) is 42.1 Å². The molecule has 1 atom stereocenters. The predicted octanol–water partition coefficient (Wildman–Crippen LogP) is 3.61. The summed E-state index contributed by atoms with van der Waals surface area (Å²) in [6.45, 7) is 2.62. The molecule has 1 unspecified atom stereocenters. The van der Waals surface area contributed by atoms with Crippen molar-refractivity contribution in [3.8, 4) is 10.6 Å². The lowest BCUT2D eigenvalue weighted by molar-refractivity contribution is -0.384. The molecule has 1 aliphatic heterocycles. The molecular formula is C19H21N3O4S.